The van der Waals surface area contributed by atoms with E-state index in [4.69, 9.17) is 10.5 Å². The summed E-state index contributed by atoms with van der Waals surface area (Å²) in [5, 5.41) is 5.18. The molecule has 0 spiro atoms. The average Bonchev–Trinajstić information content (AvgIpc) is 3.12. The van der Waals surface area contributed by atoms with E-state index in [1.54, 1.807) is 5.38 Å². The molecule has 0 bridgehead atoms. The van der Waals surface area contributed by atoms with E-state index in [0.29, 0.717) is 12.3 Å². The van der Waals surface area contributed by atoms with Crippen LogP contribution in [0.2, 0.25) is 0 Å². The van der Waals surface area contributed by atoms with Crippen molar-refractivity contribution in [1.29, 1.82) is 0 Å². The fourth-order valence-electron chi connectivity index (χ4n) is 2.60. The van der Waals surface area contributed by atoms with Crippen LogP contribution < -0.4 is 15.8 Å². The highest BCUT2D eigenvalue weighted by molar-refractivity contribution is 7.13. The summed E-state index contributed by atoms with van der Waals surface area (Å²) in [6.07, 6.45) is 0.0383. The van der Waals surface area contributed by atoms with Crippen molar-refractivity contribution in [2.45, 2.75) is 13.3 Å². The number of para-hydroxylation sites is 1. The molecule has 0 saturated heterocycles. The van der Waals surface area contributed by atoms with Crippen LogP contribution in [0.3, 0.4) is 0 Å². The lowest BCUT2D eigenvalue weighted by Gasteiger charge is -2.07. The predicted molar refractivity (Wildman–Crippen MR) is 106 cm³/mol. The van der Waals surface area contributed by atoms with Gasteiger partial charge in [0, 0.05) is 11.1 Å². The van der Waals surface area contributed by atoms with E-state index >= 15 is 0 Å². The number of rotatable bonds is 7. The van der Waals surface area contributed by atoms with Crippen molar-refractivity contribution >= 4 is 28.8 Å². The summed E-state index contributed by atoms with van der Waals surface area (Å²) >= 11 is 1.42. The first-order valence-corrected chi connectivity index (χ1v) is 9.41. The minimum Gasteiger partial charge on any atom is -0.493 e. The second kappa shape index (κ2) is 8.62. The summed E-state index contributed by atoms with van der Waals surface area (Å²) in [4.78, 5) is 28.0. The maximum absolute atomic E-state index is 13.5. The van der Waals surface area contributed by atoms with Gasteiger partial charge in [0.2, 0.25) is 5.91 Å². The number of benzene rings is 2. The second-order valence-electron chi connectivity index (χ2n) is 5.86. The molecule has 0 unspecified atom stereocenters. The highest BCUT2D eigenvalue weighted by Gasteiger charge is 2.14. The quantitative estimate of drug-likeness (QED) is 0.634. The first-order chi connectivity index (χ1) is 13.5. The van der Waals surface area contributed by atoms with Crippen molar-refractivity contribution in [2.24, 2.45) is 5.73 Å². The standard InChI is InChI=1S/C20H18FN3O3S/c1-2-27-17-6-4-3-5-14(17)20-24-13(11-28-20)10-18(25)23-12-7-8-16(21)15(9-12)19(22)26/h3-9,11H,2,10H2,1H3,(H2,22,26)(H,23,25). The van der Waals surface area contributed by atoms with Crippen molar-refractivity contribution in [3.05, 3.63) is 64.9 Å². The minimum atomic E-state index is -0.897. The second-order valence-corrected chi connectivity index (χ2v) is 6.72. The summed E-state index contributed by atoms with van der Waals surface area (Å²) in [6.45, 7) is 2.45. The van der Waals surface area contributed by atoms with Gasteiger partial charge in [-0.2, -0.15) is 0 Å². The Morgan fingerprint density at radius 2 is 2.04 bits per heavy atom. The van der Waals surface area contributed by atoms with Crippen LogP contribution in [0.15, 0.2) is 47.8 Å². The molecular formula is C20H18FN3O3S. The van der Waals surface area contributed by atoms with Gasteiger partial charge in [-0.1, -0.05) is 12.1 Å². The molecule has 1 aromatic heterocycles. The van der Waals surface area contributed by atoms with Crippen molar-refractivity contribution in [2.75, 3.05) is 11.9 Å². The molecule has 3 aromatic rings. The Bertz CT molecular complexity index is 1020. The van der Waals surface area contributed by atoms with E-state index in [9.17, 15) is 14.0 Å². The van der Waals surface area contributed by atoms with Crippen LogP contribution in [-0.4, -0.2) is 23.4 Å². The number of carbonyl (C=O) groups is 2. The van der Waals surface area contributed by atoms with Gasteiger partial charge in [-0.25, -0.2) is 9.37 Å². The number of primary amides is 1. The van der Waals surface area contributed by atoms with Gasteiger partial charge in [0.1, 0.15) is 16.6 Å². The smallest absolute Gasteiger partial charge is 0.251 e. The third-order valence-corrected chi connectivity index (χ3v) is 4.75. The van der Waals surface area contributed by atoms with Crippen LogP contribution in [0.1, 0.15) is 23.0 Å². The summed E-state index contributed by atoms with van der Waals surface area (Å²) in [5.41, 5.74) is 6.60. The van der Waals surface area contributed by atoms with Crippen molar-refractivity contribution in [3.63, 3.8) is 0 Å². The molecular weight excluding hydrogens is 381 g/mol. The van der Waals surface area contributed by atoms with Gasteiger partial charge in [-0.3, -0.25) is 9.59 Å². The number of nitrogens with one attached hydrogen (secondary N) is 1. The number of anilines is 1. The van der Waals surface area contributed by atoms with Crippen LogP contribution in [0, 0.1) is 5.82 Å². The predicted octanol–water partition coefficient (Wildman–Crippen LogP) is 3.63. The lowest BCUT2D eigenvalue weighted by atomic mass is 10.1. The molecule has 0 saturated carbocycles. The molecule has 0 aliphatic heterocycles. The highest BCUT2D eigenvalue weighted by Crippen LogP contribution is 2.32. The average molecular weight is 399 g/mol. The van der Waals surface area contributed by atoms with E-state index < -0.39 is 11.7 Å². The molecule has 0 aliphatic rings. The number of carbonyl (C=O) groups excluding carboxylic acids is 2. The fourth-order valence-corrected chi connectivity index (χ4v) is 3.45. The number of amides is 2. The van der Waals surface area contributed by atoms with Crippen molar-refractivity contribution < 1.29 is 18.7 Å². The molecule has 28 heavy (non-hydrogen) atoms. The van der Waals surface area contributed by atoms with Crippen LogP contribution in [0.4, 0.5) is 10.1 Å². The van der Waals surface area contributed by atoms with E-state index in [1.165, 1.54) is 23.5 Å². The van der Waals surface area contributed by atoms with E-state index in [-0.39, 0.29) is 23.6 Å². The normalized spacial score (nSPS) is 10.5. The molecule has 2 amide bonds. The van der Waals surface area contributed by atoms with Crippen LogP contribution >= 0.6 is 11.3 Å². The third-order valence-electron chi connectivity index (χ3n) is 3.83. The Hall–Kier alpha value is -3.26. The Morgan fingerprint density at radius 1 is 1.25 bits per heavy atom. The zero-order chi connectivity index (χ0) is 20.1. The van der Waals surface area contributed by atoms with Crippen molar-refractivity contribution in [1.82, 2.24) is 4.98 Å². The maximum atomic E-state index is 13.5. The van der Waals surface area contributed by atoms with Crippen LogP contribution in [0.5, 0.6) is 5.75 Å². The Balaban J connectivity index is 1.71. The Morgan fingerprint density at radius 3 is 2.79 bits per heavy atom. The maximum Gasteiger partial charge on any atom is 0.251 e. The molecule has 8 heteroatoms. The van der Waals surface area contributed by atoms with E-state index in [2.05, 4.69) is 10.3 Å². The number of nitrogens with two attached hydrogens (primary N) is 1. The van der Waals surface area contributed by atoms with Gasteiger partial charge in [0.25, 0.3) is 5.91 Å². The highest BCUT2D eigenvalue weighted by atomic mass is 32.1. The third kappa shape index (κ3) is 4.52. The molecule has 1 heterocycles. The van der Waals surface area contributed by atoms with Gasteiger partial charge in [-0.05, 0) is 37.3 Å². The molecule has 3 N–H and O–H groups in total. The molecule has 6 nitrogen and oxygen atoms in total. The molecule has 2 aromatic carbocycles. The Labute approximate surface area is 165 Å². The van der Waals surface area contributed by atoms with Gasteiger partial charge >= 0.3 is 0 Å². The van der Waals surface area contributed by atoms with Crippen molar-refractivity contribution in [3.8, 4) is 16.3 Å². The number of ether oxygens (including phenoxy) is 1. The van der Waals surface area contributed by atoms with Gasteiger partial charge < -0.3 is 15.8 Å². The number of aromatic nitrogens is 1. The zero-order valence-corrected chi connectivity index (χ0v) is 15.9. The zero-order valence-electron chi connectivity index (χ0n) is 15.1. The SMILES string of the molecule is CCOc1ccccc1-c1nc(CC(=O)Nc2ccc(F)c(C(N)=O)c2)cs1. The molecule has 3 rings (SSSR count). The largest absolute Gasteiger partial charge is 0.493 e. The Kier molecular flexibility index (Phi) is 6.00. The molecule has 0 atom stereocenters. The molecule has 0 radical (unpaired) electrons. The summed E-state index contributed by atoms with van der Waals surface area (Å²) in [6, 6.07) is 11.2. The monoisotopic (exact) mass is 399 g/mol. The van der Waals surface area contributed by atoms with Gasteiger partial charge in [0.15, 0.2) is 0 Å². The van der Waals surface area contributed by atoms with E-state index in [1.807, 2.05) is 31.2 Å². The number of nitrogens with zero attached hydrogens (tertiary/aromatic N) is 1. The number of thiazole rings is 1. The first-order valence-electron chi connectivity index (χ1n) is 8.53. The van der Waals surface area contributed by atoms with Gasteiger partial charge in [0.05, 0.1) is 29.8 Å². The number of hydrogen-bond donors (Lipinski definition) is 2. The van der Waals surface area contributed by atoms with Crippen LogP contribution in [0.25, 0.3) is 10.6 Å². The van der Waals surface area contributed by atoms with Crippen LogP contribution in [-0.2, 0) is 11.2 Å². The van der Waals surface area contributed by atoms with E-state index in [0.717, 1.165) is 22.4 Å². The van der Waals surface area contributed by atoms with Gasteiger partial charge in [-0.15, -0.1) is 11.3 Å². The molecule has 0 fully saturated rings. The topological polar surface area (TPSA) is 94.3 Å². The minimum absolute atomic E-state index is 0.0383. The summed E-state index contributed by atoms with van der Waals surface area (Å²) in [5.74, 6) is -1.23. The molecule has 0 aliphatic carbocycles. The fraction of sp³-hybridized carbons (Fsp3) is 0.150. The number of halogens is 1. The lowest BCUT2D eigenvalue weighted by Crippen LogP contribution is -2.17. The summed E-state index contributed by atoms with van der Waals surface area (Å²) in [7, 11) is 0. The lowest BCUT2D eigenvalue weighted by molar-refractivity contribution is -0.115. The molecule has 144 valence electrons. The first kappa shape index (κ1) is 19.5. The summed E-state index contributed by atoms with van der Waals surface area (Å²) < 4.78 is 19.1. The number of hydrogen-bond acceptors (Lipinski definition) is 5.